The van der Waals surface area contributed by atoms with Gasteiger partial charge in [0.15, 0.2) is 5.69 Å². The molecule has 4 nitrogen and oxygen atoms in total. The van der Waals surface area contributed by atoms with Crippen LogP contribution in [0.25, 0.3) is 0 Å². The highest BCUT2D eigenvalue weighted by Crippen LogP contribution is 2.14. The number of hydrogen-bond donors (Lipinski definition) is 1. The Hall–Kier alpha value is -2.36. The van der Waals surface area contributed by atoms with Crippen LogP contribution in [0.3, 0.4) is 0 Å². The van der Waals surface area contributed by atoms with Crippen molar-refractivity contribution in [2.24, 2.45) is 0 Å². The number of rotatable bonds is 5. The van der Waals surface area contributed by atoms with Gasteiger partial charge in [-0.15, -0.1) is 0 Å². The first kappa shape index (κ1) is 11.7. The van der Waals surface area contributed by atoms with Gasteiger partial charge in [0.1, 0.15) is 11.5 Å². The van der Waals surface area contributed by atoms with E-state index in [1.165, 1.54) is 18.3 Å². The lowest BCUT2D eigenvalue weighted by Gasteiger charge is -2.05. The molecule has 0 saturated heterocycles. The van der Waals surface area contributed by atoms with Gasteiger partial charge in [0.2, 0.25) is 0 Å². The fourth-order valence-electron chi connectivity index (χ4n) is 0.988. The molecule has 1 rings (SSSR count). The van der Waals surface area contributed by atoms with E-state index in [2.05, 4.69) is 18.1 Å². The standard InChI is InChI=1S/C12H11NO3/c1-3-5-9(4-2)16-10-6-7-13-11(8-10)12(14)15/h3-8H,1-2H2,(H,14,15)/b9-5+. The quantitative estimate of drug-likeness (QED) is 0.607. The van der Waals surface area contributed by atoms with Crippen LogP contribution < -0.4 is 4.74 Å². The van der Waals surface area contributed by atoms with E-state index in [1.54, 1.807) is 18.2 Å². The first-order valence-corrected chi connectivity index (χ1v) is 4.49. The Morgan fingerprint density at radius 1 is 1.50 bits per heavy atom. The molecule has 1 heterocycles. The average molecular weight is 217 g/mol. The molecule has 0 fully saturated rings. The summed E-state index contributed by atoms with van der Waals surface area (Å²) in [6, 6.07) is 2.90. The fraction of sp³-hybridized carbons (Fsp3) is 0. The molecule has 1 N–H and O–H groups in total. The van der Waals surface area contributed by atoms with Crippen molar-refractivity contribution in [3.05, 3.63) is 61.2 Å². The van der Waals surface area contributed by atoms with Crippen LogP contribution >= 0.6 is 0 Å². The Labute approximate surface area is 93.2 Å². The number of allylic oxidation sites excluding steroid dienone is 3. The van der Waals surface area contributed by atoms with Crippen molar-refractivity contribution >= 4 is 5.97 Å². The summed E-state index contributed by atoms with van der Waals surface area (Å²) in [4.78, 5) is 14.3. The minimum absolute atomic E-state index is 0.0699. The third kappa shape index (κ3) is 3.09. The van der Waals surface area contributed by atoms with Crippen molar-refractivity contribution < 1.29 is 14.6 Å². The second-order valence-corrected chi connectivity index (χ2v) is 2.79. The molecule has 16 heavy (non-hydrogen) atoms. The lowest BCUT2D eigenvalue weighted by Crippen LogP contribution is -2.00. The molecule has 0 aliphatic carbocycles. The van der Waals surface area contributed by atoms with Crippen LogP contribution in [0, 0.1) is 0 Å². The number of hydrogen-bond acceptors (Lipinski definition) is 3. The van der Waals surface area contributed by atoms with Gasteiger partial charge in [0.05, 0.1) is 0 Å². The van der Waals surface area contributed by atoms with Gasteiger partial charge in [-0.2, -0.15) is 0 Å². The van der Waals surface area contributed by atoms with Crippen molar-refractivity contribution in [2.75, 3.05) is 0 Å². The van der Waals surface area contributed by atoms with Gasteiger partial charge in [-0.05, 0) is 18.2 Å². The molecule has 0 saturated carbocycles. The summed E-state index contributed by atoms with van der Waals surface area (Å²) in [5.74, 6) is -0.226. The number of pyridine rings is 1. The topological polar surface area (TPSA) is 59.4 Å². The molecule has 0 aromatic carbocycles. The third-order valence-corrected chi connectivity index (χ3v) is 1.67. The predicted octanol–water partition coefficient (Wildman–Crippen LogP) is 2.41. The Balaban J connectivity index is 2.92. The van der Waals surface area contributed by atoms with E-state index in [1.807, 2.05) is 0 Å². The number of ether oxygens (including phenoxy) is 1. The molecule has 82 valence electrons. The van der Waals surface area contributed by atoms with E-state index in [0.717, 1.165) is 0 Å². The van der Waals surface area contributed by atoms with Crippen LogP contribution in [0.5, 0.6) is 5.75 Å². The normalized spacial score (nSPS) is 10.6. The van der Waals surface area contributed by atoms with E-state index in [4.69, 9.17) is 9.84 Å². The van der Waals surface area contributed by atoms with Gasteiger partial charge in [0.25, 0.3) is 0 Å². The minimum atomic E-state index is -1.10. The first-order valence-electron chi connectivity index (χ1n) is 4.49. The van der Waals surface area contributed by atoms with E-state index in [9.17, 15) is 4.79 Å². The zero-order chi connectivity index (χ0) is 12.0. The van der Waals surface area contributed by atoms with Gasteiger partial charge >= 0.3 is 5.97 Å². The fourth-order valence-corrected chi connectivity index (χ4v) is 0.988. The van der Waals surface area contributed by atoms with Crippen molar-refractivity contribution in [2.45, 2.75) is 0 Å². The maximum absolute atomic E-state index is 10.7. The second kappa shape index (κ2) is 5.50. The van der Waals surface area contributed by atoms with Crippen LogP contribution in [-0.2, 0) is 0 Å². The molecule has 4 heteroatoms. The maximum Gasteiger partial charge on any atom is 0.354 e. The molecular weight excluding hydrogens is 206 g/mol. The van der Waals surface area contributed by atoms with E-state index in [0.29, 0.717) is 11.5 Å². The summed E-state index contributed by atoms with van der Waals surface area (Å²) < 4.78 is 5.36. The second-order valence-electron chi connectivity index (χ2n) is 2.79. The highest BCUT2D eigenvalue weighted by molar-refractivity contribution is 5.85. The average Bonchev–Trinajstić information content (AvgIpc) is 2.29. The van der Waals surface area contributed by atoms with Crippen LogP contribution in [0.2, 0.25) is 0 Å². The number of aromatic carboxylic acids is 1. The first-order chi connectivity index (χ1) is 7.67. The lowest BCUT2D eigenvalue weighted by molar-refractivity contribution is 0.0690. The molecule has 0 bridgehead atoms. The Bertz CT molecular complexity index is 449. The van der Waals surface area contributed by atoms with Crippen molar-refractivity contribution in [3.63, 3.8) is 0 Å². The summed E-state index contributed by atoms with van der Waals surface area (Å²) in [7, 11) is 0. The van der Waals surface area contributed by atoms with Crippen LogP contribution in [-0.4, -0.2) is 16.1 Å². The highest BCUT2D eigenvalue weighted by Gasteiger charge is 2.05. The molecular formula is C12H11NO3. The molecule has 0 radical (unpaired) electrons. The molecule has 0 unspecified atom stereocenters. The number of carbonyl (C=O) groups is 1. The van der Waals surface area contributed by atoms with E-state index in [-0.39, 0.29) is 5.69 Å². The van der Waals surface area contributed by atoms with Gasteiger partial charge in [-0.1, -0.05) is 19.2 Å². The van der Waals surface area contributed by atoms with Crippen LogP contribution in [0.15, 0.2) is 55.5 Å². The van der Waals surface area contributed by atoms with Gasteiger partial charge in [-0.3, -0.25) is 0 Å². The minimum Gasteiger partial charge on any atom is -0.477 e. The molecule has 1 aromatic heterocycles. The predicted molar refractivity (Wildman–Crippen MR) is 60.3 cm³/mol. The number of carboxylic acids is 1. The number of carboxylic acid groups (broad SMARTS) is 1. The van der Waals surface area contributed by atoms with Crippen LogP contribution in [0.4, 0.5) is 0 Å². The monoisotopic (exact) mass is 217 g/mol. The molecule has 0 aliphatic rings. The van der Waals surface area contributed by atoms with Crippen molar-refractivity contribution in [1.82, 2.24) is 4.98 Å². The smallest absolute Gasteiger partial charge is 0.354 e. The molecule has 0 aliphatic heterocycles. The number of aromatic nitrogens is 1. The Morgan fingerprint density at radius 3 is 2.81 bits per heavy atom. The van der Waals surface area contributed by atoms with Crippen LogP contribution in [0.1, 0.15) is 10.5 Å². The van der Waals surface area contributed by atoms with Gasteiger partial charge in [-0.25, -0.2) is 9.78 Å². The maximum atomic E-state index is 10.7. The lowest BCUT2D eigenvalue weighted by atomic mass is 10.3. The zero-order valence-corrected chi connectivity index (χ0v) is 8.59. The SMILES string of the molecule is C=C/C=C(\C=C)Oc1ccnc(C(=O)O)c1. The molecule has 1 aromatic rings. The van der Waals surface area contributed by atoms with Gasteiger partial charge in [0, 0.05) is 12.3 Å². The summed E-state index contributed by atoms with van der Waals surface area (Å²) in [5.41, 5.74) is -0.0699. The zero-order valence-electron chi connectivity index (χ0n) is 8.59. The number of nitrogens with zero attached hydrogens (tertiary/aromatic N) is 1. The largest absolute Gasteiger partial charge is 0.477 e. The molecule has 0 atom stereocenters. The Morgan fingerprint density at radius 2 is 2.25 bits per heavy atom. The Kier molecular flexibility index (Phi) is 4.03. The summed E-state index contributed by atoms with van der Waals surface area (Å²) in [6.07, 6.45) is 6.04. The van der Waals surface area contributed by atoms with E-state index < -0.39 is 5.97 Å². The van der Waals surface area contributed by atoms with Crippen molar-refractivity contribution in [3.8, 4) is 5.75 Å². The third-order valence-electron chi connectivity index (χ3n) is 1.67. The molecule has 0 amide bonds. The van der Waals surface area contributed by atoms with Crippen molar-refractivity contribution in [1.29, 1.82) is 0 Å². The molecule has 0 spiro atoms. The van der Waals surface area contributed by atoms with Gasteiger partial charge < -0.3 is 9.84 Å². The summed E-state index contributed by atoms with van der Waals surface area (Å²) in [6.45, 7) is 7.09. The highest BCUT2D eigenvalue weighted by atomic mass is 16.5. The summed E-state index contributed by atoms with van der Waals surface area (Å²) in [5, 5.41) is 8.73. The summed E-state index contributed by atoms with van der Waals surface area (Å²) >= 11 is 0. The van der Waals surface area contributed by atoms with E-state index >= 15 is 0 Å².